The highest BCUT2D eigenvalue weighted by Crippen LogP contribution is 2.22. The first-order valence-electron chi connectivity index (χ1n) is 13.8. The molecule has 8 nitrogen and oxygen atoms in total. The third-order valence-corrected chi connectivity index (χ3v) is 6.94. The van der Waals surface area contributed by atoms with Gasteiger partial charge in [-0.2, -0.15) is 13.2 Å². The van der Waals surface area contributed by atoms with E-state index in [2.05, 4.69) is 45.5 Å². The van der Waals surface area contributed by atoms with Gasteiger partial charge in [0.2, 0.25) is 0 Å². The number of likely N-dealkylation sites (tertiary alicyclic amines) is 1. The van der Waals surface area contributed by atoms with E-state index in [-0.39, 0.29) is 6.03 Å². The number of piperidine rings is 1. The van der Waals surface area contributed by atoms with Crippen LogP contribution in [0, 0.1) is 5.92 Å². The molecule has 2 aromatic carbocycles. The molecule has 2 N–H and O–H groups in total. The van der Waals surface area contributed by atoms with Gasteiger partial charge in [-0.3, -0.25) is 4.98 Å². The molecule has 0 saturated carbocycles. The molecule has 1 saturated heterocycles. The van der Waals surface area contributed by atoms with Crippen LogP contribution in [0.5, 0.6) is 5.75 Å². The number of alkyl halides is 3. The van der Waals surface area contributed by atoms with E-state index in [1.54, 1.807) is 13.3 Å². The molecule has 1 aromatic heterocycles. The summed E-state index contributed by atoms with van der Waals surface area (Å²) in [6, 6.07) is 22.1. The Morgan fingerprint density at radius 3 is 2.24 bits per heavy atom. The van der Waals surface area contributed by atoms with Gasteiger partial charge in [0.05, 0.1) is 7.11 Å². The van der Waals surface area contributed by atoms with E-state index in [1.165, 1.54) is 24.8 Å². The molecule has 0 aliphatic carbocycles. The number of nitrogens with zero attached hydrogens (tertiary/aromatic N) is 3. The molecule has 11 heteroatoms. The highest BCUT2D eigenvalue weighted by molar-refractivity contribution is 5.89. The lowest BCUT2D eigenvalue weighted by Crippen LogP contribution is -2.39. The summed E-state index contributed by atoms with van der Waals surface area (Å²) in [7, 11) is 1.63. The molecule has 1 fully saturated rings. The molecular weight excluding hydrogens is 549 g/mol. The zero-order valence-electron chi connectivity index (χ0n) is 23.6. The van der Waals surface area contributed by atoms with Gasteiger partial charge < -0.3 is 25.0 Å². The molecule has 4 rings (SSSR count). The summed E-state index contributed by atoms with van der Waals surface area (Å²) in [5.41, 5.74) is 3.23. The number of pyridine rings is 1. The number of anilines is 1. The number of rotatable bonds is 10. The number of benzene rings is 2. The minimum atomic E-state index is -5.08. The topological polar surface area (TPSA) is 95.0 Å². The molecule has 1 aliphatic heterocycles. The van der Waals surface area contributed by atoms with Gasteiger partial charge >= 0.3 is 18.2 Å². The van der Waals surface area contributed by atoms with Gasteiger partial charge in [-0.25, -0.2) is 9.59 Å². The summed E-state index contributed by atoms with van der Waals surface area (Å²) in [6.45, 7) is 4.52. The second-order valence-electron chi connectivity index (χ2n) is 10.1. The maximum atomic E-state index is 13.1. The Bertz CT molecular complexity index is 1220. The molecule has 0 atom stereocenters. The summed E-state index contributed by atoms with van der Waals surface area (Å²) in [6.07, 6.45) is 3.11. The van der Waals surface area contributed by atoms with Crippen LogP contribution in [0.25, 0.3) is 0 Å². The van der Waals surface area contributed by atoms with Gasteiger partial charge in [-0.15, -0.1) is 0 Å². The van der Waals surface area contributed by atoms with Crippen molar-refractivity contribution in [1.29, 1.82) is 0 Å². The van der Waals surface area contributed by atoms with Crippen LogP contribution in [0.2, 0.25) is 0 Å². The normalized spacial score (nSPS) is 13.9. The average molecular weight is 587 g/mol. The summed E-state index contributed by atoms with van der Waals surface area (Å²) in [4.78, 5) is 30.7. The zero-order chi connectivity index (χ0) is 30.4. The molecule has 0 spiro atoms. The van der Waals surface area contributed by atoms with Crippen LogP contribution in [0.3, 0.4) is 0 Å². The minimum absolute atomic E-state index is 0.0967. The molecule has 42 heavy (non-hydrogen) atoms. The Labute approximate surface area is 244 Å². The molecule has 2 heterocycles. The molecule has 1 aliphatic rings. The molecule has 226 valence electrons. The smallest absolute Gasteiger partial charge is 0.490 e. The predicted octanol–water partition coefficient (Wildman–Crippen LogP) is 6.10. The maximum absolute atomic E-state index is 13.1. The first-order chi connectivity index (χ1) is 20.1. The Hall–Kier alpha value is -4.12. The summed E-state index contributed by atoms with van der Waals surface area (Å²) >= 11 is 0. The van der Waals surface area contributed by atoms with Crippen LogP contribution in [0.15, 0.2) is 79.1 Å². The second-order valence-corrected chi connectivity index (χ2v) is 10.1. The highest BCUT2D eigenvalue weighted by Gasteiger charge is 2.38. The van der Waals surface area contributed by atoms with Crippen molar-refractivity contribution in [1.82, 2.24) is 14.8 Å². The van der Waals surface area contributed by atoms with E-state index in [4.69, 9.17) is 14.6 Å². The van der Waals surface area contributed by atoms with Crippen LogP contribution < -0.4 is 10.1 Å². The van der Waals surface area contributed by atoms with Crippen molar-refractivity contribution in [2.45, 2.75) is 38.4 Å². The number of methoxy groups -OCH3 is 1. The van der Waals surface area contributed by atoms with E-state index in [9.17, 15) is 18.0 Å². The molecule has 3 aromatic rings. The summed E-state index contributed by atoms with van der Waals surface area (Å²) in [5, 5.41) is 10.2. The van der Waals surface area contributed by atoms with Gasteiger partial charge in [-0.1, -0.05) is 36.4 Å². The fourth-order valence-corrected chi connectivity index (χ4v) is 4.69. The van der Waals surface area contributed by atoms with Crippen molar-refractivity contribution in [2.24, 2.45) is 5.92 Å². The molecule has 2 amide bonds. The number of amides is 2. The lowest BCUT2D eigenvalue weighted by atomic mass is 9.90. The van der Waals surface area contributed by atoms with E-state index >= 15 is 0 Å². The van der Waals surface area contributed by atoms with E-state index < -0.39 is 12.1 Å². The van der Waals surface area contributed by atoms with Crippen molar-refractivity contribution in [2.75, 3.05) is 38.6 Å². The van der Waals surface area contributed by atoms with Crippen molar-refractivity contribution in [3.63, 3.8) is 0 Å². The van der Waals surface area contributed by atoms with Crippen LogP contribution in [-0.4, -0.2) is 71.4 Å². The van der Waals surface area contributed by atoms with Crippen molar-refractivity contribution < 1.29 is 32.6 Å². The largest absolute Gasteiger partial charge is 0.497 e. The minimum Gasteiger partial charge on any atom is -0.497 e. The lowest BCUT2D eigenvalue weighted by molar-refractivity contribution is -0.192. The number of aromatic nitrogens is 1. The highest BCUT2D eigenvalue weighted by atomic mass is 19.4. The van der Waals surface area contributed by atoms with Gasteiger partial charge in [0.15, 0.2) is 0 Å². The van der Waals surface area contributed by atoms with Gasteiger partial charge in [-0.05, 0) is 92.7 Å². The van der Waals surface area contributed by atoms with Gasteiger partial charge in [0.1, 0.15) is 5.75 Å². The monoisotopic (exact) mass is 586 g/mol. The fourth-order valence-electron chi connectivity index (χ4n) is 4.69. The number of nitrogens with one attached hydrogen (secondary N) is 1. The first kappa shape index (κ1) is 32.4. The number of hydrogen-bond donors (Lipinski definition) is 2. The number of halogens is 3. The number of hydrogen-bond acceptors (Lipinski definition) is 5. The Balaban J connectivity index is 0.000000616. The van der Waals surface area contributed by atoms with E-state index in [0.717, 1.165) is 49.0 Å². The summed E-state index contributed by atoms with van der Waals surface area (Å²) in [5.74, 6) is -1.22. The van der Waals surface area contributed by atoms with E-state index in [0.29, 0.717) is 13.1 Å². The standard InChI is InChI=1S/C29H36N4O2.C2HF3O2/c1-35-28-12-10-27(11-13-28)31-29(34)33(23-26-9-5-16-30-22-26)18-6-17-32-19-14-25(15-20-32)21-24-7-3-2-4-8-24;3-2(4,5)1(6)7/h2-5,7-13,16,22,25H,6,14-15,17-21,23H2,1H3,(H,31,34);(H,6,7). The number of carbonyl (C=O) groups excluding carboxylic acids is 1. The maximum Gasteiger partial charge on any atom is 0.490 e. The number of carboxylic acid groups (broad SMARTS) is 1. The molecular formula is C31H37F3N4O4. The number of aliphatic carboxylic acids is 1. The Kier molecular flexibility index (Phi) is 12.6. The molecule has 0 bridgehead atoms. The first-order valence-corrected chi connectivity index (χ1v) is 13.8. The van der Waals surface area contributed by atoms with Crippen LogP contribution in [-0.2, 0) is 17.8 Å². The SMILES string of the molecule is COc1ccc(NC(=O)N(CCCN2CCC(Cc3ccccc3)CC2)Cc2cccnc2)cc1.O=C(O)C(F)(F)F. The van der Waals surface area contributed by atoms with E-state index in [1.807, 2.05) is 47.5 Å². The van der Waals surface area contributed by atoms with Gasteiger partial charge in [0, 0.05) is 31.2 Å². The number of carboxylic acids is 1. The zero-order valence-corrected chi connectivity index (χ0v) is 23.6. The van der Waals surface area contributed by atoms with Crippen molar-refractivity contribution in [3.05, 3.63) is 90.3 Å². The fraction of sp³-hybridized carbons (Fsp3) is 0.387. The summed E-state index contributed by atoms with van der Waals surface area (Å²) < 4.78 is 36.9. The third kappa shape index (κ3) is 11.4. The van der Waals surface area contributed by atoms with Crippen LogP contribution in [0.4, 0.5) is 23.7 Å². The lowest BCUT2D eigenvalue weighted by Gasteiger charge is -2.32. The van der Waals surface area contributed by atoms with Crippen LogP contribution in [0.1, 0.15) is 30.4 Å². The van der Waals surface area contributed by atoms with Crippen molar-refractivity contribution in [3.8, 4) is 5.75 Å². The number of urea groups is 1. The number of ether oxygens (including phenoxy) is 1. The quantitative estimate of drug-likeness (QED) is 0.298. The average Bonchev–Trinajstić information content (AvgIpc) is 2.99. The number of carbonyl (C=O) groups is 2. The Morgan fingerprint density at radius 1 is 1.02 bits per heavy atom. The van der Waals surface area contributed by atoms with Crippen LogP contribution >= 0.6 is 0 Å². The molecule has 0 radical (unpaired) electrons. The second kappa shape index (κ2) is 16.4. The Morgan fingerprint density at radius 2 is 1.67 bits per heavy atom. The van der Waals surface area contributed by atoms with Crippen molar-refractivity contribution >= 4 is 17.7 Å². The predicted molar refractivity (Wildman–Crippen MR) is 154 cm³/mol. The third-order valence-electron chi connectivity index (χ3n) is 6.94. The van der Waals surface area contributed by atoms with Gasteiger partial charge in [0.25, 0.3) is 0 Å². The molecule has 0 unspecified atom stereocenters.